The number of nitrogens with one attached hydrogen (secondary N) is 2. The summed E-state index contributed by atoms with van der Waals surface area (Å²) in [5.41, 5.74) is 0.589. The van der Waals surface area contributed by atoms with Crippen LogP contribution in [0.15, 0.2) is 36.7 Å². The van der Waals surface area contributed by atoms with E-state index in [0.717, 1.165) is 0 Å². The number of phenols is 1. The number of nitrogens with zero attached hydrogens (tertiary/aromatic N) is 1. The average molecular weight is 217 g/mol. The first-order chi connectivity index (χ1) is 7.75. The summed E-state index contributed by atoms with van der Waals surface area (Å²) in [5.74, 6) is 0.300. The molecular formula is C11H11N3O2. The van der Waals surface area contributed by atoms with Crippen molar-refractivity contribution in [3.63, 3.8) is 0 Å². The Hall–Kier alpha value is -2.30. The van der Waals surface area contributed by atoms with Crippen LogP contribution >= 0.6 is 0 Å². The number of amides is 1. The molecule has 0 spiro atoms. The molecular weight excluding hydrogens is 206 g/mol. The van der Waals surface area contributed by atoms with Crippen molar-refractivity contribution >= 4 is 11.9 Å². The normalized spacial score (nSPS) is 10.0. The number of phenolic OH excluding ortho intramolecular Hbond substituents is 1. The second-order valence-corrected chi connectivity index (χ2v) is 3.29. The molecule has 0 aliphatic heterocycles. The fourth-order valence-corrected chi connectivity index (χ4v) is 1.34. The molecule has 0 bridgehead atoms. The molecule has 0 fully saturated rings. The second-order valence-electron chi connectivity index (χ2n) is 3.29. The zero-order chi connectivity index (χ0) is 11.4. The minimum Gasteiger partial charge on any atom is -0.508 e. The summed E-state index contributed by atoms with van der Waals surface area (Å²) < 4.78 is 0. The molecule has 0 saturated heterocycles. The van der Waals surface area contributed by atoms with E-state index in [0.29, 0.717) is 11.5 Å². The Morgan fingerprint density at radius 3 is 2.94 bits per heavy atom. The van der Waals surface area contributed by atoms with Crippen LogP contribution in [0.5, 0.6) is 5.75 Å². The number of aromatic hydroxyl groups is 1. The standard InChI is InChI=1S/C11H11N3O2/c15-9-4-2-1-3-8(9)7-10(16)14-11-12-5-6-13-11/h1-6,15H,7H2,(H2,12,13,14,16). The van der Waals surface area contributed by atoms with Gasteiger partial charge in [-0.05, 0) is 6.07 Å². The predicted molar refractivity (Wildman–Crippen MR) is 59.0 cm³/mol. The van der Waals surface area contributed by atoms with Gasteiger partial charge in [0.05, 0.1) is 6.42 Å². The number of imidazole rings is 1. The van der Waals surface area contributed by atoms with Crippen LogP contribution in [0, 0.1) is 0 Å². The van der Waals surface area contributed by atoms with Gasteiger partial charge in [-0.3, -0.25) is 10.1 Å². The van der Waals surface area contributed by atoms with Gasteiger partial charge in [0.2, 0.25) is 11.9 Å². The lowest BCUT2D eigenvalue weighted by Crippen LogP contribution is -2.15. The number of benzene rings is 1. The number of hydrogen-bond donors (Lipinski definition) is 3. The molecule has 82 valence electrons. The lowest BCUT2D eigenvalue weighted by Gasteiger charge is -2.03. The van der Waals surface area contributed by atoms with Gasteiger partial charge in [-0.25, -0.2) is 4.98 Å². The van der Waals surface area contributed by atoms with E-state index in [1.54, 1.807) is 36.7 Å². The fourth-order valence-electron chi connectivity index (χ4n) is 1.34. The Morgan fingerprint density at radius 1 is 1.44 bits per heavy atom. The maximum absolute atomic E-state index is 11.5. The van der Waals surface area contributed by atoms with Crippen molar-refractivity contribution in [2.75, 3.05) is 5.32 Å². The lowest BCUT2D eigenvalue weighted by molar-refractivity contribution is -0.115. The molecule has 0 aliphatic rings. The van der Waals surface area contributed by atoms with Crippen molar-refractivity contribution in [2.24, 2.45) is 0 Å². The predicted octanol–water partition coefficient (Wildman–Crippen LogP) is 1.30. The molecule has 3 N–H and O–H groups in total. The summed E-state index contributed by atoms with van der Waals surface area (Å²) in [5, 5.41) is 12.1. The highest BCUT2D eigenvalue weighted by molar-refractivity contribution is 5.90. The van der Waals surface area contributed by atoms with Gasteiger partial charge in [-0.2, -0.15) is 0 Å². The van der Waals surface area contributed by atoms with Crippen molar-refractivity contribution in [1.29, 1.82) is 0 Å². The summed E-state index contributed by atoms with van der Waals surface area (Å²) in [7, 11) is 0. The van der Waals surface area contributed by atoms with Gasteiger partial charge in [-0.1, -0.05) is 18.2 Å². The van der Waals surface area contributed by atoms with Crippen LogP contribution in [0.25, 0.3) is 0 Å². The molecule has 5 nitrogen and oxygen atoms in total. The molecule has 0 aliphatic carbocycles. The number of anilines is 1. The highest BCUT2D eigenvalue weighted by atomic mass is 16.3. The molecule has 2 rings (SSSR count). The Labute approximate surface area is 92.2 Å². The van der Waals surface area contributed by atoms with Gasteiger partial charge >= 0.3 is 0 Å². The van der Waals surface area contributed by atoms with Crippen molar-refractivity contribution in [3.8, 4) is 5.75 Å². The molecule has 1 heterocycles. The van der Waals surface area contributed by atoms with Crippen LogP contribution in [0.1, 0.15) is 5.56 Å². The van der Waals surface area contributed by atoms with E-state index in [1.807, 2.05) is 0 Å². The third kappa shape index (κ3) is 2.38. The molecule has 16 heavy (non-hydrogen) atoms. The summed E-state index contributed by atoms with van der Waals surface area (Å²) in [6.07, 6.45) is 3.29. The van der Waals surface area contributed by atoms with E-state index in [1.165, 1.54) is 0 Å². The van der Waals surface area contributed by atoms with Crippen LogP contribution in [0.3, 0.4) is 0 Å². The van der Waals surface area contributed by atoms with Crippen molar-refractivity contribution in [1.82, 2.24) is 9.97 Å². The first-order valence-corrected chi connectivity index (χ1v) is 4.82. The summed E-state index contributed by atoms with van der Waals surface area (Å²) in [6.45, 7) is 0. The first-order valence-electron chi connectivity index (χ1n) is 4.82. The van der Waals surface area contributed by atoms with E-state index in [-0.39, 0.29) is 18.1 Å². The summed E-state index contributed by atoms with van der Waals surface area (Å²) in [6, 6.07) is 6.74. The van der Waals surface area contributed by atoms with Crippen molar-refractivity contribution < 1.29 is 9.90 Å². The van der Waals surface area contributed by atoms with Crippen molar-refractivity contribution in [3.05, 3.63) is 42.2 Å². The van der Waals surface area contributed by atoms with Crippen LogP contribution in [-0.2, 0) is 11.2 Å². The van der Waals surface area contributed by atoms with Crippen LogP contribution in [0.4, 0.5) is 5.95 Å². The van der Waals surface area contributed by atoms with Crippen LogP contribution in [-0.4, -0.2) is 21.0 Å². The number of H-pyrrole nitrogens is 1. The third-order valence-electron chi connectivity index (χ3n) is 2.10. The van der Waals surface area contributed by atoms with Crippen LogP contribution < -0.4 is 5.32 Å². The zero-order valence-electron chi connectivity index (χ0n) is 8.47. The number of aromatic amines is 1. The Kier molecular flexibility index (Phi) is 2.86. The largest absolute Gasteiger partial charge is 0.508 e. The summed E-state index contributed by atoms with van der Waals surface area (Å²) >= 11 is 0. The van der Waals surface area contributed by atoms with E-state index in [9.17, 15) is 9.90 Å². The molecule has 1 amide bonds. The number of carbonyl (C=O) groups is 1. The number of carbonyl (C=O) groups excluding carboxylic acids is 1. The van der Waals surface area contributed by atoms with Gasteiger partial charge < -0.3 is 10.1 Å². The smallest absolute Gasteiger partial charge is 0.231 e. The Bertz CT molecular complexity index is 480. The lowest BCUT2D eigenvalue weighted by atomic mass is 10.1. The molecule has 2 aromatic rings. The minimum absolute atomic E-state index is 0.118. The topological polar surface area (TPSA) is 78.0 Å². The molecule has 0 unspecified atom stereocenters. The van der Waals surface area contributed by atoms with Gasteiger partial charge in [0.15, 0.2) is 0 Å². The molecule has 1 aromatic heterocycles. The van der Waals surface area contributed by atoms with E-state index >= 15 is 0 Å². The van der Waals surface area contributed by atoms with Crippen LogP contribution in [0.2, 0.25) is 0 Å². The highest BCUT2D eigenvalue weighted by Crippen LogP contribution is 2.16. The second kappa shape index (κ2) is 4.48. The third-order valence-corrected chi connectivity index (χ3v) is 2.10. The SMILES string of the molecule is O=C(Cc1ccccc1O)Nc1ncc[nH]1. The minimum atomic E-state index is -0.226. The number of rotatable bonds is 3. The number of aromatic nitrogens is 2. The number of hydrogen-bond acceptors (Lipinski definition) is 3. The molecule has 0 radical (unpaired) electrons. The average Bonchev–Trinajstić information content (AvgIpc) is 2.74. The highest BCUT2D eigenvalue weighted by Gasteiger charge is 2.07. The van der Waals surface area contributed by atoms with Gasteiger partial charge in [-0.15, -0.1) is 0 Å². The zero-order valence-corrected chi connectivity index (χ0v) is 8.47. The van der Waals surface area contributed by atoms with E-state index < -0.39 is 0 Å². The molecule has 1 aromatic carbocycles. The first kappa shape index (κ1) is 10.2. The van der Waals surface area contributed by atoms with Crippen molar-refractivity contribution in [2.45, 2.75) is 6.42 Å². The summed E-state index contributed by atoms with van der Waals surface area (Å²) in [4.78, 5) is 18.2. The molecule has 5 heteroatoms. The quantitative estimate of drug-likeness (QED) is 0.725. The van der Waals surface area contributed by atoms with Gasteiger partial charge in [0, 0.05) is 18.0 Å². The Morgan fingerprint density at radius 2 is 2.25 bits per heavy atom. The maximum atomic E-state index is 11.5. The van der Waals surface area contributed by atoms with Gasteiger partial charge in [0.1, 0.15) is 5.75 Å². The fraction of sp³-hybridized carbons (Fsp3) is 0.0909. The monoisotopic (exact) mass is 217 g/mol. The van der Waals surface area contributed by atoms with E-state index in [4.69, 9.17) is 0 Å². The van der Waals surface area contributed by atoms with Gasteiger partial charge in [0.25, 0.3) is 0 Å². The maximum Gasteiger partial charge on any atom is 0.231 e. The number of para-hydroxylation sites is 1. The Balaban J connectivity index is 2.00. The molecule has 0 atom stereocenters. The molecule has 0 saturated carbocycles. The van der Waals surface area contributed by atoms with E-state index in [2.05, 4.69) is 15.3 Å².